The van der Waals surface area contributed by atoms with Crippen LogP contribution in [0.4, 0.5) is 0 Å². The maximum Gasteiger partial charge on any atom is 0.255 e. The molecule has 1 aliphatic rings. The monoisotopic (exact) mass is 366 g/mol. The predicted molar refractivity (Wildman–Crippen MR) is 104 cm³/mol. The van der Waals surface area contributed by atoms with E-state index < -0.39 is 6.04 Å². The van der Waals surface area contributed by atoms with Crippen molar-refractivity contribution >= 4 is 11.8 Å². The number of carbonyl (C=O) groups is 2. The highest BCUT2D eigenvalue weighted by atomic mass is 16.3. The number of benzene rings is 2. The second kappa shape index (κ2) is 8.35. The fourth-order valence-electron chi connectivity index (χ4n) is 3.41. The van der Waals surface area contributed by atoms with Gasteiger partial charge in [0, 0.05) is 18.5 Å². The fourth-order valence-corrected chi connectivity index (χ4v) is 3.41. The number of amides is 2. The lowest BCUT2D eigenvalue weighted by Crippen LogP contribution is -2.52. The summed E-state index contributed by atoms with van der Waals surface area (Å²) in [6, 6.07) is 16.2. The molecule has 2 atom stereocenters. The molecule has 2 aromatic rings. The van der Waals surface area contributed by atoms with E-state index in [1.165, 1.54) is 0 Å². The Labute approximate surface area is 160 Å². The minimum Gasteiger partial charge on any atom is -0.394 e. The molecule has 0 spiro atoms. The lowest BCUT2D eigenvalue weighted by Gasteiger charge is -2.30. The van der Waals surface area contributed by atoms with Gasteiger partial charge in [-0.1, -0.05) is 62.4 Å². The first-order valence-electron chi connectivity index (χ1n) is 9.35. The molecule has 2 aromatic carbocycles. The molecule has 1 aliphatic heterocycles. The summed E-state index contributed by atoms with van der Waals surface area (Å²) in [5.74, 6) is -0.248. The largest absolute Gasteiger partial charge is 0.394 e. The molecule has 0 aliphatic carbocycles. The zero-order valence-corrected chi connectivity index (χ0v) is 15.8. The van der Waals surface area contributed by atoms with Crippen molar-refractivity contribution in [1.29, 1.82) is 0 Å². The van der Waals surface area contributed by atoms with Gasteiger partial charge in [0.25, 0.3) is 5.91 Å². The smallest absolute Gasteiger partial charge is 0.255 e. The summed E-state index contributed by atoms with van der Waals surface area (Å²) >= 11 is 0. The van der Waals surface area contributed by atoms with E-state index in [0.717, 1.165) is 11.1 Å². The standard InChI is InChI=1S/C22H26N2O3/c1-15(2)19(14-25)23-21(26)20(12-16-8-4-3-5-9-16)24-13-17-10-6-7-11-18(17)22(24)27/h3-11,15,19-20,25H,12-14H2,1-2H3,(H,23,26)/t19-,20-/m0/s1. The quantitative estimate of drug-likeness (QED) is 0.790. The summed E-state index contributed by atoms with van der Waals surface area (Å²) in [6.45, 7) is 4.19. The third-order valence-electron chi connectivity index (χ3n) is 5.13. The number of rotatable bonds is 7. The predicted octanol–water partition coefficient (Wildman–Crippen LogP) is 2.39. The number of fused-ring (bicyclic) bond motifs is 1. The maximum atomic E-state index is 13.1. The van der Waals surface area contributed by atoms with Gasteiger partial charge in [0.2, 0.25) is 5.91 Å². The SMILES string of the molecule is CC(C)[C@H](CO)NC(=O)[C@H](Cc1ccccc1)N1Cc2ccccc2C1=O. The third kappa shape index (κ3) is 4.19. The van der Waals surface area contributed by atoms with Gasteiger partial charge >= 0.3 is 0 Å². The number of hydrogen-bond acceptors (Lipinski definition) is 3. The molecule has 0 aromatic heterocycles. The molecule has 5 nitrogen and oxygen atoms in total. The van der Waals surface area contributed by atoms with Gasteiger partial charge in [0.15, 0.2) is 0 Å². The number of aliphatic hydroxyl groups excluding tert-OH is 1. The third-order valence-corrected chi connectivity index (χ3v) is 5.13. The van der Waals surface area contributed by atoms with Crippen LogP contribution < -0.4 is 5.32 Å². The van der Waals surface area contributed by atoms with Gasteiger partial charge in [-0.3, -0.25) is 9.59 Å². The van der Waals surface area contributed by atoms with Crippen LogP contribution in [0.1, 0.15) is 35.3 Å². The zero-order chi connectivity index (χ0) is 19.4. The molecule has 0 saturated heterocycles. The van der Waals surface area contributed by atoms with Crippen LogP contribution in [-0.4, -0.2) is 40.5 Å². The number of nitrogens with zero attached hydrogens (tertiary/aromatic N) is 1. The van der Waals surface area contributed by atoms with Gasteiger partial charge in [-0.05, 0) is 23.1 Å². The van der Waals surface area contributed by atoms with Gasteiger partial charge < -0.3 is 15.3 Å². The van der Waals surface area contributed by atoms with E-state index in [4.69, 9.17) is 0 Å². The highest BCUT2D eigenvalue weighted by molar-refractivity contribution is 6.01. The molecule has 0 unspecified atom stereocenters. The van der Waals surface area contributed by atoms with Crippen molar-refractivity contribution in [3.8, 4) is 0 Å². The van der Waals surface area contributed by atoms with Crippen molar-refractivity contribution < 1.29 is 14.7 Å². The molecule has 0 radical (unpaired) electrons. The van der Waals surface area contributed by atoms with E-state index in [9.17, 15) is 14.7 Å². The van der Waals surface area contributed by atoms with E-state index in [2.05, 4.69) is 5.32 Å². The van der Waals surface area contributed by atoms with E-state index in [0.29, 0.717) is 18.5 Å². The molecule has 5 heteroatoms. The van der Waals surface area contributed by atoms with Crippen LogP contribution in [0, 0.1) is 5.92 Å². The van der Waals surface area contributed by atoms with E-state index in [1.807, 2.05) is 62.4 Å². The topological polar surface area (TPSA) is 69.6 Å². The summed E-state index contributed by atoms with van der Waals surface area (Å²) in [7, 11) is 0. The van der Waals surface area contributed by atoms with Crippen LogP contribution in [0.15, 0.2) is 54.6 Å². The average Bonchev–Trinajstić information content (AvgIpc) is 3.01. The second-order valence-electron chi connectivity index (χ2n) is 7.34. The summed E-state index contributed by atoms with van der Waals surface area (Å²) in [4.78, 5) is 27.6. The van der Waals surface area contributed by atoms with Crippen LogP contribution in [-0.2, 0) is 17.8 Å². The molecule has 27 heavy (non-hydrogen) atoms. The average molecular weight is 366 g/mol. The Bertz CT molecular complexity index is 804. The molecule has 142 valence electrons. The van der Waals surface area contributed by atoms with Crippen molar-refractivity contribution in [3.05, 3.63) is 71.3 Å². The maximum absolute atomic E-state index is 13.1. The van der Waals surface area contributed by atoms with Crippen molar-refractivity contribution in [2.24, 2.45) is 5.92 Å². The fraction of sp³-hybridized carbons (Fsp3) is 0.364. The van der Waals surface area contributed by atoms with Gasteiger partial charge in [-0.25, -0.2) is 0 Å². The Morgan fingerprint density at radius 2 is 1.78 bits per heavy atom. The molecular formula is C22H26N2O3. The zero-order valence-electron chi connectivity index (χ0n) is 15.8. The van der Waals surface area contributed by atoms with Crippen molar-refractivity contribution in [3.63, 3.8) is 0 Å². The highest BCUT2D eigenvalue weighted by Gasteiger charge is 2.37. The highest BCUT2D eigenvalue weighted by Crippen LogP contribution is 2.26. The molecule has 2 N–H and O–H groups in total. The second-order valence-corrected chi connectivity index (χ2v) is 7.34. The van der Waals surface area contributed by atoms with Crippen LogP contribution in [0.5, 0.6) is 0 Å². The molecule has 0 bridgehead atoms. The van der Waals surface area contributed by atoms with Gasteiger partial charge in [-0.2, -0.15) is 0 Å². The van der Waals surface area contributed by atoms with Crippen molar-refractivity contribution in [2.45, 2.75) is 38.9 Å². The van der Waals surface area contributed by atoms with Crippen LogP contribution in [0.2, 0.25) is 0 Å². The number of nitrogens with one attached hydrogen (secondary N) is 1. The van der Waals surface area contributed by atoms with Gasteiger partial charge in [0.1, 0.15) is 6.04 Å². The summed E-state index contributed by atoms with van der Waals surface area (Å²) in [5, 5.41) is 12.5. The summed E-state index contributed by atoms with van der Waals surface area (Å²) in [6.07, 6.45) is 0.433. The lowest BCUT2D eigenvalue weighted by atomic mass is 10.0. The first-order valence-corrected chi connectivity index (χ1v) is 9.35. The number of aliphatic hydroxyl groups is 1. The Hall–Kier alpha value is -2.66. The minimum absolute atomic E-state index is 0.0998. The van der Waals surface area contributed by atoms with E-state index in [-0.39, 0.29) is 30.4 Å². The lowest BCUT2D eigenvalue weighted by molar-refractivity contribution is -0.127. The first kappa shape index (κ1) is 19.1. The Morgan fingerprint density at radius 1 is 1.11 bits per heavy atom. The van der Waals surface area contributed by atoms with E-state index >= 15 is 0 Å². The molecular weight excluding hydrogens is 340 g/mol. The summed E-state index contributed by atoms with van der Waals surface area (Å²) < 4.78 is 0. The van der Waals surface area contributed by atoms with Crippen LogP contribution in [0.25, 0.3) is 0 Å². The molecule has 3 rings (SSSR count). The molecule has 2 amide bonds. The Balaban J connectivity index is 1.86. The van der Waals surface area contributed by atoms with Crippen LogP contribution >= 0.6 is 0 Å². The first-order chi connectivity index (χ1) is 13.0. The minimum atomic E-state index is -0.625. The van der Waals surface area contributed by atoms with Crippen molar-refractivity contribution in [2.75, 3.05) is 6.61 Å². The van der Waals surface area contributed by atoms with Gasteiger partial charge in [0.05, 0.1) is 12.6 Å². The molecule has 1 heterocycles. The number of carbonyl (C=O) groups excluding carboxylic acids is 2. The normalized spacial score (nSPS) is 15.6. The molecule has 0 fully saturated rings. The Morgan fingerprint density at radius 3 is 2.41 bits per heavy atom. The van der Waals surface area contributed by atoms with Crippen molar-refractivity contribution in [1.82, 2.24) is 10.2 Å². The Kier molecular flexibility index (Phi) is 5.91. The van der Waals surface area contributed by atoms with Gasteiger partial charge in [-0.15, -0.1) is 0 Å². The van der Waals surface area contributed by atoms with E-state index in [1.54, 1.807) is 11.0 Å². The molecule has 0 saturated carbocycles. The number of hydrogen-bond donors (Lipinski definition) is 2. The van der Waals surface area contributed by atoms with Crippen LogP contribution in [0.3, 0.4) is 0 Å². The summed E-state index contributed by atoms with van der Waals surface area (Å²) in [5.41, 5.74) is 2.59.